The van der Waals surface area contributed by atoms with E-state index in [-0.39, 0.29) is 17.1 Å². The molecule has 0 fully saturated rings. The van der Waals surface area contributed by atoms with Gasteiger partial charge in [-0.05, 0) is 45.9 Å². The van der Waals surface area contributed by atoms with Crippen LogP contribution in [0.3, 0.4) is 0 Å². The molecule has 0 aliphatic heterocycles. The van der Waals surface area contributed by atoms with Crippen LogP contribution in [0.1, 0.15) is 62.9 Å². The van der Waals surface area contributed by atoms with E-state index in [9.17, 15) is 14.3 Å². The number of nitrogens with zero attached hydrogens (tertiary/aromatic N) is 1. The first-order valence-electron chi connectivity index (χ1n) is 7.63. The third-order valence-electron chi connectivity index (χ3n) is 3.69. The third-order valence-corrected chi connectivity index (χ3v) is 3.69. The molecule has 0 unspecified atom stereocenters. The van der Waals surface area contributed by atoms with Crippen LogP contribution in [0.5, 0.6) is 5.75 Å². The molecule has 0 aromatic heterocycles. The Morgan fingerprint density at radius 3 is 2.52 bits per heavy atom. The first kappa shape index (κ1) is 17.6. The minimum absolute atomic E-state index is 0.0577. The number of carbonyl (C=O) groups is 1. The predicted octanol–water partition coefficient (Wildman–Crippen LogP) is 4.13. The summed E-state index contributed by atoms with van der Waals surface area (Å²) in [5.41, 5.74) is 0.535. The topological polar surface area (TPSA) is 40.5 Å². The average molecular weight is 295 g/mol. The van der Waals surface area contributed by atoms with Crippen LogP contribution in [-0.2, 0) is 6.54 Å². The number of benzene rings is 1. The van der Waals surface area contributed by atoms with Gasteiger partial charge >= 0.3 is 0 Å². The van der Waals surface area contributed by atoms with E-state index in [0.29, 0.717) is 18.2 Å². The van der Waals surface area contributed by atoms with Crippen LogP contribution in [0.2, 0.25) is 0 Å². The van der Waals surface area contributed by atoms with Gasteiger partial charge in [0.15, 0.2) is 5.78 Å². The second-order valence-corrected chi connectivity index (χ2v) is 5.79. The molecule has 3 nitrogen and oxygen atoms in total. The zero-order valence-corrected chi connectivity index (χ0v) is 13.4. The molecule has 0 atom stereocenters. The van der Waals surface area contributed by atoms with Crippen molar-refractivity contribution >= 4 is 5.78 Å². The van der Waals surface area contributed by atoms with Crippen LogP contribution < -0.4 is 0 Å². The Kier molecular flexibility index (Phi) is 6.82. The predicted molar refractivity (Wildman–Crippen MR) is 83.1 cm³/mol. The minimum atomic E-state index is -0.481. The lowest BCUT2D eigenvalue weighted by atomic mass is 10.0. The molecule has 0 spiro atoms. The largest absolute Gasteiger partial charge is 0.507 e. The summed E-state index contributed by atoms with van der Waals surface area (Å²) in [6.45, 7) is 8.99. The van der Waals surface area contributed by atoms with Gasteiger partial charge in [0.2, 0.25) is 0 Å². The highest BCUT2D eigenvalue weighted by Crippen LogP contribution is 2.26. The molecule has 1 aromatic rings. The lowest BCUT2D eigenvalue weighted by molar-refractivity contribution is 0.101. The number of rotatable bonds is 8. The van der Waals surface area contributed by atoms with E-state index >= 15 is 0 Å². The number of carbonyl (C=O) groups excluding carboxylic acids is 1. The van der Waals surface area contributed by atoms with Crippen molar-refractivity contribution < 1.29 is 14.3 Å². The van der Waals surface area contributed by atoms with E-state index in [1.165, 1.54) is 13.0 Å². The number of Topliss-reactive ketones (excluding diaryl/α,β-unsaturated/α-hetero) is 1. The normalized spacial score (nSPS) is 11.4. The number of aromatic hydroxyl groups is 1. The number of unbranched alkanes of at least 4 members (excludes halogenated alkanes) is 2. The van der Waals surface area contributed by atoms with Gasteiger partial charge in [-0.1, -0.05) is 19.8 Å². The highest BCUT2D eigenvalue weighted by atomic mass is 19.1. The average Bonchev–Trinajstić information content (AvgIpc) is 2.40. The fraction of sp³-hybridized carbons (Fsp3) is 0.588. The van der Waals surface area contributed by atoms with Gasteiger partial charge < -0.3 is 5.11 Å². The lowest BCUT2D eigenvalue weighted by Crippen LogP contribution is -2.31. The SMILES string of the molecule is CCCCCN(Cc1cc(F)cc(C(C)=O)c1O)C(C)C. The molecule has 0 heterocycles. The number of phenolic OH excluding ortho intramolecular Hbond substituents is 1. The summed E-state index contributed by atoms with van der Waals surface area (Å²) in [6, 6.07) is 2.71. The number of hydrogen-bond donors (Lipinski definition) is 1. The molecule has 118 valence electrons. The maximum atomic E-state index is 13.6. The van der Waals surface area contributed by atoms with Crippen molar-refractivity contribution in [2.75, 3.05) is 6.54 Å². The second-order valence-electron chi connectivity index (χ2n) is 5.79. The molecule has 0 saturated carbocycles. The Morgan fingerprint density at radius 2 is 2.00 bits per heavy atom. The maximum Gasteiger partial charge on any atom is 0.163 e. The summed E-state index contributed by atoms with van der Waals surface area (Å²) in [7, 11) is 0. The molecular weight excluding hydrogens is 269 g/mol. The second kappa shape index (κ2) is 8.13. The van der Waals surface area contributed by atoms with Crippen LogP contribution in [0, 0.1) is 5.82 Å². The van der Waals surface area contributed by atoms with Crippen LogP contribution in [0.25, 0.3) is 0 Å². The van der Waals surface area contributed by atoms with Crippen LogP contribution >= 0.6 is 0 Å². The third kappa shape index (κ3) is 5.12. The lowest BCUT2D eigenvalue weighted by Gasteiger charge is -2.27. The smallest absolute Gasteiger partial charge is 0.163 e. The van der Waals surface area contributed by atoms with Crippen molar-refractivity contribution in [2.24, 2.45) is 0 Å². The fourth-order valence-corrected chi connectivity index (χ4v) is 2.35. The van der Waals surface area contributed by atoms with Crippen molar-refractivity contribution in [1.29, 1.82) is 0 Å². The number of phenols is 1. The standard InChI is InChI=1S/C17H26FNO2/c1-5-6-7-8-19(12(2)3)11-14-9-15(18)10-16(13(4)20)17(14)21/h9-10,12,21H,5-8,11H2,1-4H3. The minimum Gasteiger partial charge on any atom is -0.507 e. The summed E-state index contributed by atoms with van der Waals surface area (Å²) >= 11 is 0. The van der Waals surface area contributed by atoms with Gasteiger partial charge in [-0.15, -0.1) is 0 Å². The summed E-state index contributed by atoms with van der Waals surface area (Å²) < 4.78 is 13.6. The maximum absolute atomic E-state index is 13.6. The van der Waals surface area contributed by atoms with Gasteiger partial charge in [-0.2, -0.15) is 0 Å². The molecule has 0 bridgehead atoms. The van der Waals surface area contributed by atoms with Crippen molar-refractivity contribution in [3.63, 3.8) is 0 Å². The molecule has 1 rings (SSSR count). The zero-order valence-electron chi connectivity index (χ0n) is 13.4. The molecule has 21 heavy (non-hydrogen) atoms. The van der Waals surface area contributed by atoms with Crippen molar-refractivity contribution in [3.05, 3.63) is 29.1 Å². The Morgan fingerprint density at radius 1 is 1.33 bits per heavy atom. The Bertz CT molecular complexity index is 486. The molecule has 1 aromatic carbocycles. The van der Waals surface area contributed by atoms with Crippen molar-refractivity contribution in [1.82, 2.24) is 4.90 Å². The zero-order chi connectivity index (χ0) is 16.0. The summed E-state index contributed by atoms with van der Waals surface area (Å²) in [5.74, 6) is -0.898. The molecule has 0 saturated heterocycles. The highest BCUT2D eigenvalue weighted by molar-refractivity contribution is 5.97. The fourth-order valence-electron chi connectivity index (χ4n) is 2.35. The highest BCUT2D eigenvalue weighted by Gasteiger charge is 2.17. The Balaban J connectivity index is 2.95. The first-order valence-corrected chi connectivity index (χ1v) is 7.63. The van der Waals surface area contributed by atoms with E-state index in [1.807, 2.05) is 0 Å². The first-order chi connectivity index (χ1) is 9.86. The van der Waals surface area contributed by atoms with Crippen molar-refractivity contribution in [2.45, 2.75) is 59.5 Å². The van der Waals surface area contributed by atoms with Gasteiger partial charge in [0.25, 0.3) is 0 Å². The molecule has 0 amide bonds. The monoisotopic (exact) mass is 295 g/mol. The molecule has 0 radical (unpaired) electrons. The van der Waals surface area contributed by atoms with Gasteiger partial charge in [0, 0.05) is 18.2 Å². The van der Waals surface area contributed by atoms with Gasteiger partial charge in [0.05, 0.1) is 5.56 Å². The molecule has 1 N–H and O–H groups in total. The Hall–Kier alpha value is -1.42. The molecule has 0 aliphatic carbocycles. The summed E-state index contributed by atoms with van der Waals surface area (Å²) in [4.78, 5) is 13.6. The summed E-state index contributed by atoms with van der Waals surface area (Å²) in [6.07, 6.45) is 3.37. The van der Waals surface area contributed by atoms with Crippen LogP contribution in [0.4, 0.5) is 4.39 Å². The summed E-state index contributed by atoms with van der Waals surface area (Å²) in [5, 5.41) is 10.2. The van der Waals surface area contributed by atoms with Crippen molar-refractivity contribution in [3.8, 4) is 5.75 Å². The number of ketones is 1. The van der Waals surface area contributed by atoms with Gasteiger partial charge in [-0.3, -0.25) is 9.69 Å². The van der Waals surface area contributed by atoms with E-state index in [0.717, 1.165) is 31.9 Å². The van der Waals surface area contributed by atoms with E-state index in [2.05, 4.69) is 25.7 Å². The Labute approximate surface area is 126 Å². The van der Waals surface area contributed by atoms with Crippen LogP contribution in [-0.4, -0.2) is 28.4 Å². The van der Waals surface area contributed by atoms with Gasteiger partial charge in [0.1, 0.15) is 11.6 Å². The van der Waals surface area contributed by atoms with Gasteiger partial charge in [-0.25, -0.2) is 4.39 Å². The number of halogens is 1. The number of hydrogen-bond acceptors (Lipinski definition) is 3. The van der Waals surface area contributed by atoms with E-state index in [1.54, 1.807) is 0 Å². The molecule has 0 aliphatic rings. The molecule has 4 heteroatoms. The van der Waals surface area contributed by atoms with E-state index < -0.39 is 5.82 Å². The quantitative estimate of drug-likeness (QED) is 0.579. The molecular formula is C17H26FNO2. The van der Waals surface area contributed by atoms with E-state index in [4.69, 9.17) is 0 Å². The van der Waals surface area contributed by atoms with Crippen LogP contribution in [0.15, 0.2) is 12.1 Å².